The zero-order valence-corrected chi connectivity index (χ0v) is 13.5. The largest absolute Gasteiger partial charge is 0.207 e. The van der Waals surface area contributed by atoms with Crippen molar-refractivity contribution in [2.75, 3.05) is 0 Å². The Bertz CT molecular complexity index is 780. The Morgan fingerprint density at radius 1 is 1.00 bits per heavy atom. The van der Waals surface area contributed by atoms with Gasteiger partial charge in [0.2, 0.25) is 0 Å². The third-order valence-corrected chi connectivity index (χ3v) is 4.63. The van der Waals surface area contributed by atoms with Crippen LogP contribution in [0.3, 0.4) is 0 Å². The molecule has 0 heterocycles. The van der Waals surface area contributed by atoms with E-state index in [9.17, 15) is 4.39 Å². The molecule has 0 aliphatic heterocycles. The summed E-state index contributed by atoms with van der Waals surface area (Å²) in [6, 6.07) is 19.1. The number of halogens is 3. The molecule has 0 aromatic heterocycles. The van der Waals surface area contributed by atoms with Crippen LogP contribution in [0, 0.1) is 5.82 Å². The van der Waals surface area contributed by atoms with Gasteiger partial charge >= 0.3 is 0 Å². The van der Waals surface area contributed by atoms with Gasteiger partial charge in [0.1, 0.15) is 5.82 Å². The Labute approximate surface area is 136 Å². The lowest BCUT2D eigenvalue weighted by Gasteiger charge is -2.13. The fourth-order valence-corrected chi connectivity index (χ4v) is 3.41. The fraction of sp³-hybridized carbons (Fsp3) is 0.111. The standard InChI is InChI=1S/C18H13BrClF/c19-17(16-11-14(20)8-9-18(16)21)10-13-6-3-5-12-4-1-2-7-15(12)13/h1-9,11,17H,10H2. The van der Waals surface area contributed by atoms with Crippen LogP contribution in [0.15, 0.2) is 60.7 Å². The van der Waals surface area contributed by atoms with Gasteiger partial charge in [-0.2, -0.15) is 0 Å². The van der Waals surface area contributed by atoms with E-state index in [1.165, 1.54) is 22.4 Å². The Morgan fingerprint density at radius 2 is 1.76 bits per heavy atom. The first-order valence-electron chi connectivity index (χ1n) is 6.71. The van der Waals surface area contributed by atoms with E-state index in [0.29, 0.717) is 17.0 Å². The summed E-state index contributed by atoms with van der Waals surface area (Å²) in [5.74, 6) is -0.235. The average molecular weight is 364 g/mol. The first-order valence-corrected chi connectivity index (χ1v) is 8.00. The number of hydrogen-bond acceptors (Lipinski definition) is 0. The number of alkyl halides is 1. The molecule has 0 N–H and O–H groups in total. The van der Waals surface area contributed by atoms with E-state index in [1.54, 1.807) is 12.1 Å². The molecule has 0 fully saturated rings. The predicted octanol–water partition coefficient (Wildman–Crippen LogP) is 6.31. The van der Waals surface area contributed by atoms with Crippen molar-refractivity contribution in [2.45, 2.75) is 11.2 Å². The number of fused-ring (bicyclic) bond motifs is 1. The monoisotopic (exact) mass is 362 g/mol. The van der Waals surface area contributed by atoms with Crippen molar-refractivity contribution in [3.05, 3.63) is 82.6 Å². The van der Waals surface area contributed by atoms with E-state index in [0.717, 1.165) is 0 Å². The Kier molecular flexibility index (Phi) is 4.27. The van der Waals surface area contributed by atoms with Crippen LogP contribution in [0.4, 0.5) is 4.39 Å². The van der Waals surface area contributed by atoms with Gasteiger partial charge in [0.25, 0.3) is 0 Å². The number of rotatable bonds is 3. The fourth-order valence-electron chi connectivity index (χ4n) is 2.53. The van der Waals surface area contributed by atoms with Crippen LogP contribution >= 0.6 is 27.5 Å². The summed E-state index contributed by atoms with van der Waals surface area (Å²) in [6.45, 7) is 0. The smallest absolute Gasteiger partial charge is 0.127 e. The number of hydrogen-bond donors (Lipinski definition) is 0. The van der Waals surface area contributed by atoms with Gasteiger partial charge in [-0.3, -0.25) is 0 Å². The Morgan fingerprint density at radius 3 is 2.62 bits per heavy atom. The molecule has 3 aromatic carbocycles. The summed E-state index contributed by atoms with van der Waals surface area (Å²) in [5.41, 5.74) is 1.78. The maximum Gasteiger partial charge on any atom is 0.127 e. The molecule has 0 aliphatic carbocycles. The molecule has 21 heavy (non-hydrogen) atoms. The van der Waals surface area contributed by atoms with E-state index in [4.69, 9.17) is 11.6 Å². The molecule has 0 amide bonds. The number of benzene rings is 3. The molecule has 0 nitrogen and oxygen atoms in total. The first-order chi connectivity index (χ1) is 10.1. The quantitative estimate of drug-likeness (QED) is 0.478. The molecule has 0 saturated carbocycles. The topological polar surface area (TPSA) is 0 Å². The summed E-state index contributed by atoms with van der Waals surface area (Å²) < 4.78 is 13.9. The minimum Gasteiger partial charge on any atom is -0.207 e. The lowest BCUT2D eigenvalue weighted by molar-refractivity contribution is 0.608. The van der Waals surface area contributed by atoms with Crippen LogP contribution < -0.4 is 0 Å². The normalized spacial score (nSPS) is 12.5. The van der Waals surface area contributed by atoms with Gasteiger partial charge in [-0.25, -0.2) is 4.39 Å². The lowest BCUT2D eigenvalue weighted by atomic mass is 9.98. The van der Waals surface area contributed by atoms with Crippen molar-refractivity contribution in [3.8, 4) is 0 Å². The van der Waals surface area contributed by atoms with E-state index in [2.05, 4.69) is 40.2 Å². The highest BCUT2D eigenvalue weighted by molar-refractivity contribution is 9.09. The van der Waals surface area contributed by atoms with Crippen LogP contribution in [-0.2, 0) is 6.42 Å². The third-order valence-electron chi connectivity index (χ3n) is 3.57. The molecule has 0 saturated heterocycles. The average Bonchev–Trinajstić information content (AvgIpc) is 2.50. The molecule has 106 valence electrons. The Balaban J connectivity index is 1.96. The van der Waals surface area contributed by atoms with E-state index >= 15 is 0 Å². The molecule has 3 heteroatoms. The molecular weight excluding hydrogens is 351 g/mol. The van der Waals surface area contributed by atoms with Crippen LogP contribution in [0.2, 0.25) is 5.02 Å². The van der Waals surface area contributed by atoms with Crippen molar-refractivity contribution in [2.24, 2.45) is 0 Å². The lowest BCUT2D eigenvalue weighted by Crippen LogP contribution is -1.99. The first kappa shape index (κ1) is 14.6. The van der Waals surface area contributed by atoms with Crippen molar-refractivity contribution in [1.29, 1.82) is 0 Å². The molecule has 3 rings (SSSR count). The van der Waals surface area contributed by atoms with Gasteiger partial charge in [0.15, 0.2) is 0 Å². The minimum atomic E-state index is -0.235. The zero-order valence-electron chi connectivity index (χ0n) is 11.2. The zero-order chi connectivity index (χ0) is 14.8. The third kappa shape index (κ3) is 3.12. The van der Waals surface area contributed by atoms with Crippen LogP contribution in [0.25, 0.3) is 10.8 Å². The van der Waals surface area contributed by atoms with Crippen molar-refractivity contribution in [3.63, 3.8) is 0 Å². The summed E-state index contributed by atoms with van der Waals surface area (Å²) >= 11 is 9.57. The predicted molar refractivity (Wildman–Crippen MR) is 90.7 cm³/mol. The molecule has 1 unspecified atom stereocenters. The molecule has 1 atom stereocenters. The maximum absolute atomic E-state index is 13.9. The van der Waals surface area contributed by atoms with Gasteiger partial charge in [0.05, 0.1) is 0 Å². The second-order valence-electron chi connectivity index (χ2n) is 4.98. The molecular formula is C18H13BrClF. The van der Waals surface area contributed by atoms with E-state index in [1.807, 2.05) is 18.2 Å². The highest BCUT2D eigenvalue weighted by atomic mass is 79.9. The van der Waals surface area contributed by atoms with Crippen LogP contribution in [-0.4, -0.2) is 0 Å². The van der Waals surface area contributed by atoms with Gasteiger partial charge in [0, 0.05) is 15.4 Å². The van der Waals surface area contributed by atoms with Crippen molar-refractivity contribution >= 4 is 38.3 Å². The maximum atomic E-state index is 13.9. The molecule has 0 aliphatic rings. The highest BCUT2D eigenvalue weighted by Gasteiger charge is 2.15. The molecule has 0 radical (unpaired) electrons. The summed E-state index contributed by atoms with van der Waals surface area (Å²) in [4.78, 5) is -0.109. The Hall–Kier alpha value is -1.38. The van der Waals surface area contributed by atoms with Gasteiger partial charge in [-0.05, 0) is 41.0 Å². The second kappa shape index (κ2) is 6.17. The molecule has 3 aromatic rings. The summed E-state index contributed by atoms with van der Waals surface area (Å²) in [7, 11) is 0. The van der Waals surface area contributed by atoms with Gasteiger partial charge < -0.3 is 0 Å². The SMILES string of the molecule is Fc1ccc(Cl)cc1C(Br)Cc1cccc2ccccc12. The van der Waals surface area contributed by atoms with E-state index < -0.39 is 0 Å². The second-order valence-corrected chi connectivity index (χ2v) is 6.52. The minimum absolute atomic E-state index is 0.109. The molecule has 0 spiro atoms. The van der Waals surface area contributed by atoms with E-state index in [-0.39, 0.29) is 10.6 Å². The molecule has 0 bridgehead atoms. The van der Waals surface area contributed by atoms with Gasteiger partial charge in [-0.1, -0.05) is 70.0 Å². The summed E-state index contributed by atoms with van der Waals surface area (Å²) in [5, 5.41) is 2.95. The van der Waals surface area contributed by atoms with Crippen molar-refractivity contribution in [1.82, 2.24) is 0 Å². The van der Waals surface area contributed by atoms with Gasteiger partial charge in [-0.15, -0.1) is 0 Å². The van der Waals surface area contributed by atoms with Crippen LogP contribution in [0.1, 0.15) is 16.0 Å². The van der Waals surface area contributed by atoms with Crippen molar-refractivity contribution < 1.29 is 4.39 Å². The van der Waals surface area contributed by atoms with Crippen LogP contribution in [0.5, 0.6) is 0 Å². The summed E-state index contributed by atoms with van der Waals surface area (Å²) in [6.07, 6.45) is 0.707. The highest BCUT2D eigenvalue weighted by Crippen LogP contribution is 2.33.